The van der Waals surface area contributed by atoms with Crippen LogP contribution in [-0.2, 0) is 20.2 Å². The van der Waals surface area contributed by atoms with E-state index in [4.69, 9.17) is 23.2 Å². The topological polar surface area (TPSA) is 109 Å². The van der Waals surface area contributed by atoms with Crippen molar-refractivity contribution < 1.29 is 25.9 Å². The predicted octanol–water partition coefficient (Wildman–Crippen LogP) is 5.83. The van der Waals surface area contributed by atoms with Gasteiger partial charge >= 0.3 is 0 Å². The fourth-order valence-electron chi connectivity index (χ4n) is 2.83. The lowest BCUT2D eigenvalue weighted by Gasteiger charge is -2.04. The molecule has 0 amide bonds. The second-order valence-corrected chi connectivity index (χ2v) is 10.3. The molecule has 0 spiro atoms. The molecule has 0 unspecified atom stereocenters. The fourth-order valence-corrected chi connectivity index (χ4v) is 4.72. The zero-order valence-electron chi connectivity index (χ0n) is 16.2. The van der Waals surface area contributed by atoms with Crippen molar-refractivity contribution in [1.82, 2.24) is 0 Å². The minimum Gasteiger partial charge on any atom is -0.282 e. The van der Waals surface area contributed by atoms with Crippen molar-refractivity contribution in [2.45, 2.75) is 9.79 Å². The van der Waals surface area contributed by atoms with Crippen LogP contribution in [0.2, 0.25) is 10.0 Å². The third-order valence-corrected chi connectivity index (χ3v) is 6.64. The van der Waals surface area contributed by atoms with Gasteiger partial charge in [-0.3, -0.25) is 9.11 Å². The molecule has 3 aromatic carbocycles. The van der Waals surface area contributed by atoms with Crippen molar-refractivity contribution in [2.75, 3.05) is 0 Å². The molecule has 6 nitrogen and oxygen atoms in total. The first kappa shape index (κ1) is 24.2. The van der Waals surface area contributed by atoms with Crippen molar-refractivity contribution >= 4 is 67.7 Å². The van der Waals surface area contributed by atoms with Gasteiger partial charge in [0, 0.05) is 10.0 Å². The van der Waals surface area contributed by atoms with Gasteiger partial charge < -0.3 is 0 Å². The van der Waals surface area contributed by atoms with E-state index in [1.54, 1.807) is 36.4 Å². The van der Waals surface area contributed by atoms with Crippen LogP contribution in [0.1, 0.15) is 22.3 Å². The Kier molecular flexibility index (Phi) is 7.24. The van der Waals surface area contributed by atoms with E-state index in [2.05, 4.69) is 0 Å². The molecule has 3 rings (SSSR count). The average molecular weight is 511 g/mol. The first-order chi connectivity index (χ1) is 14.9. The fraction of sp³-hybridized carbons (Fsp3) is 0. The molecule has 0 aliphatic heterocycles. The van der Waals surface area contributed by atoms with Crippen LogP contribution in [0.25, 0.3) is 24.3 Å². The van der Waals surface area contributed by atoms with Crippen molar-refractivity contribution in [3.63, 3.8) is 0 Å². The van der Waals surface area contributed by atoms with Crippen LogP contribution in [0.4, 0.5) is 0 Å². The molecule has 0 saturated carbocycles. The normalized spacial score (nSPS) is 12.6. The smallest absolute Gasteiger partial charge is 0.282 e. The van der Waals surface area contributed by atoms with Gasteiger partial charge in [-0.15, -0.1) is 0 Å². The molecule has 10 heteroatoms. The van der Waals surface area contributed by atoms with Gasteiger partial charge in [-0.05, 0) is 46.5 Å². The van der Waals surface area contributed by atoms with Crippen molar-refractivity contribution in [1.29, 1.82) is 0 Å². The maximum absolute atomic E-state index is 11.6. The van der Waals surface area contributed by atoms with Gasteiger partial charge in [-0.25, -0.2) is 0 Å². The molecule has 0 bridgehead atoms. The molecular weight excluding hydrogens is 495 g/mol. The van der Waals surface area contributed by atoms with Crippen LogP contribution in [0.15, 0.2) is 70.5 Å². The molecule has 0 aromatic heterocycles. The monoisotopic (exact) mass is 510 g/mol. The zero-order chi connectivity index (χ0) is 23.5. The Labute approximate surface area is 195 Å². The van der Waals surface area contributed by atoms with E-state index in [0.29, 0.717) is 0 Å². The summed E-state index contributed by atoms with van der Waals surface area (Å²) in [5.74, 6) is 0. The molecule has 3 aromatic rings. The van der Waals surface area contributed by atoms with Crippen LogP contribution in [0, 0.1) is 0 Å². The zero-order valence-corrected chi connectivity index (χ0v) is 19.3. The van der Waals surface area contributed by atoms with Gasteiger partial charge in [0.05, 0.1) is 0 Å². The van der Waals surface area contributed by atoms with E-state index in [0.717, 1.165) is 11.1 Å². The summed E-state index contributed by atoms with van der Waals surface area (Å²) in [4.78, 5) is -0.586. The number of benzene rings is 3. The minimum absolute atomic E-state index is 0.184. The molecule has 0 aliphatic rings. The maximum Gasteiger partial charge on any atom is 0.295 e. The van der Waals surface area contributed by atoms with Crippen LogP contribution in [-0.4, -0.2) is 25.9 Å². The molecule has 0 radical (unpaired) electrons. The van der Waals surface area contributed by atoms with Crippen molar-refractivity contribution in [3.05, 3.63) is 93.0 Å². The van der Waals surface area contributed by atoms with E-state index < -0.39 is 20.2 Å². The number of rotatable bonds is 6. The lowest BCUT2D eigenvalue weighted by atomic mass is 10.1. The Morgan fingerprint density at radius 1 is 0.562 bits per heavy atom. The van der Waals surface area contributed by atoms with E-state index in [9.17, 15) is 25.9 Å². The molecule has 32 heavy (non-hydrogen) atoms. The van der Waals surface area contributed by atoms with Gasteiger partial charge in [-0.1, -0.05) is 83.9 Å². The highest BCUT2D eigenvalue weighted by Crippen LogP contribution is 2.24. The van der Waals surface area contributed by atoms with Crippen LogP contribution < -0.4 is 0 Å². The molecular formula is C22H16Cl2O6S2. The van der Waals surface area contributed by atoms with Gasteiger partial charge in [0.2, 0.25) is 0 Å². The van der Waals surface area contributed by atoms with Crippen LogP contribution in [0.5, 0.6) is 0 Å². The van der Waals surface area contributed by atoms with Crippen molar-refractivity contribution in [3.8, 4) is 0 Å². The molecule has 0 saturated heterocycles. The Morgan fingerprint density at radius 3 is 1.22 bits per heavy atom. The highest BCUT2D eigenvalue weighted by Gasteiger charge is 2.15. The highest BCUT2D eigenvalue weighted by atomic mass is 35.5. The third kappa shape index (κ3) is 6.29. The molecule has 0 aliphatic carbocycles. The standard InChI is InChI=1S/C22H16Cl2O6S2/c23-19-11-9-17(21(13-19)31(25,26)27)7-5-15-1-2-16(4-3-15)6-8-18-10-12-20(24)14-22(18)32(28,29)30/h1-14H,(H,25,26,27)(H,28,29,30). The molecule has 0 fully saturated rings. The lowest BCUT2D eigenvalue weighted by molar-refractivity contribution is 0.480. The van der Waals surface area contributed by atoms with Gasteiger partial charge in [0.15, 0.2) is 0 Å². The van der Waals surface area contributed by atoms with Crippen molar-refractivity contribution in [2.24, 2.45) is 0 Å². The summed E-state index contributed by atoms with van der Waals surface area (Å²) in [6.45, 7) is 0. The minimum atomic E-state index is -4.43. The summed E-state index contributed by atoms with van der Waals surface area (Å²) in [6, 6.07) is 15.4. The number of hydrogen-bond acceptors (Lipinski definition) is 4. The summed E-state index contributed by atoms with van der Waals surface area (Å²) in [5, 5.41) is 0.368. The second kappa shape index (κ2) is 9.58. The number of halogens is 2. The number of hydrogen-bond donors (Lipinski definition) is 2. The predicted molar refractivity (Wildman–Crippen MR) is 127 cm³/mol. The summed E-state index contributed by atoms with van der Waals surface area (Å²) < 4.78 is 65.0. The van der Waals surface area contributed by atoms with E-state index in [1.165, 1.54) is 48.6 Å². The first-order valence-electron chi connectivity index (χ1n) is 8.94. The Balaban J connectivity index is 1.83. The first-order valence-corrected chi connectivity index (χ1v) is 12.6. The second-order valence-electron chi connectivity index (χ2n) is 6.65. The molecule has 2 N–H and O–H groups in total. The Bertz CT molecular complexity index is 1320. The Morgan fingerprint density at radius 2 is 0.906 bits per heavy atom. The lowest BCUT2D eigenvalue weighted by Crippen LogP contribution is -2.00. The van der Waals surface area contributed by atoms with Gasteiger partial charge in [0.1, 0.15) is 9.79 Å². The molecule has 0 atom stereocenters. The molecule has 166 valence electrons. The SMILES string of the molecule is O=S(=O)(O)c1cc(Cl)ccc1C=Cc1ccc(C=Cc2ccc(Cl)cc2S(=O)(=O)O)cc1. The van der Waals surface area contributed by atoms with Crippen LogP contribution in [0.3, 0.4) is 0 Å². The summed E-state index contributed by atoms with van der Waals surface area (Å²) in [7, 11) is -8.86. The largest absolute Gasteiger partial charge is 0.295 e. The summed E-state index contributed by atoms with van der Waals surface area (Å²) in [6.07, 6.45) is 6.41. The maximum atomic E-state index is 11.6. The van der Waals surface area contributed by atoms with Crippen LogP contribution >= 0.6 is 23.2 Å². The average Bonchev–Trinajstić information content (AvgIpc) is 2.71. The van der Waals surface area contributed by atoms with E-state index >= 15 is 0 Å². The van der Waals surface area contributed by atoms with Gasteiger partial charge in [-0.2, -0.15) is 16.8 Å². The third-order valence-electron chi connectivity index (χ3n) is 4.35. The van der Waals surface area contributed by atoms with E-state index in [1.807, 2.05) is 0 Å². The van der Waals surface area contributed by atoms with Gasteiger partial charge in [0.25, 0.3) is 20.2 Å². The summed E-state index contributed by atoms with van der Waals surface area (Å²) >= 11 is 11.6. The highest BCUT2D eigenvalue weighted by molar-refractivity contribution is 7.86. The molecule has 0 heterocycles. The quantitative estimate of drug-likeness (QED) is 0.319. The summed E-state index contributed by atoms with van der Waals surface area (Å²) in [5.41, 5.74) is 2.06. The van der Waals surface area contributed by atoms with E-state index in [-0.39, 0.29) is 31.0 Å². The Hall–Kier alpha value is -2.46.